The Bertz CT molecular complexity index is 519. The van der Waals surface area contributed by atoms with Crippen LogP contribution in [0.4, 0.5) is 5.69 Å². The first-order chi connectivity index (χ1) is 9.32. The summed E-state index contributed by atoms with van der Waals surface area (Å²) in [6.45, 7) is 4.42. The number of hydrogen-bond acceptors (Lipinski definition) is 4. The van der Waals surface area contributed by atoms with Crippen LogP contribution in [0.2, 0.25) is 5.02 Å². The summed E-state index contributed by atoms with van der Waals surface area (Å²) in [6.07, 6.45) is -0.386. The van der Waals surface area contributed by atoms with Gasteiger partial charge in [-0.3, -0.25) is 4.79 Å². The van der Waals surface area contributed by atoms with Crippen LogP contribution in [0.1, 0.15) is 24.2 Å². The van der Waals surface area contributed by atoms with Gasteiger partial charge in [0.25, 0.3) is 5.91 Å². The van der Waals surface area contributed by atoms with E-state index in [4.69, 9.17) is 22.1 Å². The second kappa shape index (κ2) is 5.60. The van der Waals surface area contributed by atoms with Crippen LogP contribution in [0.25, 0.3) is 0 Å². The molecule has 1 fully saturated rings. The SMILES string of the molecule is CC1(C)CN(C(=O)c2cc(Cl)ccc2N)CC(CO)O1. The fourth-order valence-electron chi connectivity index (χ4n) is 2.43. The fourth-order valence-corrected chi connectivity index (χ4v) is 2.60. The first-order valence-corrected chi connectivity index (χ1v) is 6.83. The van der Waals surface area contributed by atoms with E-state index in [0.29, 0.717) is 29.4 Å². The Hall–Kier alpha value is -1.30. The maximum Gasteiger partial charge on any atom is 0.256 e. The summed E-state index contributed by atoms with van der Waals surface area (Å²) in [4.78, 5) is 14.2. The minimum absolute atomic E-state index is 0.127. The Morgan fingerprint density at radius 3 is 2.95 bits per heavy atom. The van der Waals surface area contributed by atoms with E-state index in [-0.39, 0.29) is 18.6 Å². The highest BCUT2D eigenvalue weighted by Crippen LogP contribution is 2.25. The molecule has 1 atom stereocenters. The average Bonchev–Trinajstić information content (AvgIpc) is 2.38. The molecule has 1 amide bonds. The second-order valence-corrected chi connectivity index (χ2v) is 6.04. The molecule has 20 heavy (non-hydrogen) atoms. The number of ether oxygens (including phenoxy) is 1. The molecule has 1 unspecified atom stereocenters. The predicted octanol–water partition coefficient (Wildman–Crippen LogP) is 1.53. The van der Waals surface area contributed by atoms with Crippen LogP contribution in [0.3, 0.4) is 0 Å². The van der Waals surface area contributed by atoms with Gasteiger partial charge in [0, 0.05) is 23.8 Å². The monoisotopic (exact) mass is 298 g/mol. The second-order valence-electron chi connectivity index (χ2n) is 5.60. The molecule has 0 aromatic heterocycles. The normalized spacial score (nSPS) is 21.8. The standard InChI is InChI=1S/C14H19ClN2O3/c1-14(2)8-17(6-10(7-18)20-14)13(19)11-5-9(15)3-4-12(11)16/h3-5,10,18H,6-8,16H2,1-2H3. The van der Waals surface area contributed by atoms with Crippen molar-refractivity contribution in [3.63, 3.8) is 0 Å². The summed E-state index contributed by atoms with van der Waals surface area (Å²) >= 11 is 5.92. The van der Waals surface area contributed by atoms with Crippen molar-refractivity contribution in [2.75, 3.05) is 25.4 Å². The van der Waals surface area contributed by atoms with Crippen LogP contribution < -0.4 is 5.73 Å². The number of rotatable bonds is 2. The molecule has 0 radical (unpaired) electrons. The molecule has 1 aromatic carbocycles. The predicted molar refractivity (Wildman–Crippen MR) is 77.8 cm³/mol. The third-order valence-electron chi connectivity index (χ3n) is 3.22. The number of nitrogens with two attached hydrogens (primary N) is 1. The molecule has 1 aromatic rings. The number of hydrogen-bond donors (Lipinski definition) is 2. The molecule has 5 nitrogen and oxygen atoms in total. The van der Waals surface area contributed by atoms with E-state index >= 15 is 0 Å². The summed E-state index contributed by atoms with van der Waals surface area (Å²) in [7, 11) is 0. The molecule has 2 rings (SSSR count). The van der Waals surface area contributed by atoms with Crippen LogP contribution in [0, 0.1) is 0 Å². The Morgan fingerprint density at radius 2 is 2.30 bits per heavy atom. The quantitative estimate of drug-likeness (QED) is 0.812. The Labute approximate surface area is 123 Å². The molecule has 0 spiro atoms. The van der Waals surface area contributed by atoms with E-state index in [1.54, 1.807) is 23.1 Å². The number of anilines is 1. The van der Waals surface area contributed by atoms with Crippen molar-refractivity contribution in [1.29, 1.82) is 0 Å². The maximum absolute atomic E-state index is 12.6. The Kier molecular flexibility index (Phi) is 4.22. The molecule has 1 heterocycles. The van der Waals surface area contributed by atoms with Crippen LogP contribution in [0.5, 0.6) is 0 Å². The lowest BCUT2D eigenvalue weighted by Crippen LogP contribution is -2.55. The van der Waals surface area contributed by atoms with E-state index in [1.807, 2.05) is 13.8 Å². The fraction of sp³-hybridized carbons (Fsp3) is 0.500. The lowest BCUT2D eigenvalue weighted by atomic mass is 10.0. The third-order valence-corrected chi connectivity index (χ3v) is 3.45. The van der Waals surface area contributed by atoms with Gasteiger partial charge in [-0.1, -0.05) is 11.6 Å². The number of aliphatic hydroxyl groups excluding tert-OH is 1. The zero-order chi connectivity index (χ0) is 14.9. The molecular formula is C14H19ClN2O3. The molecule has 3 N–H and O–H groups in total. The average molecular weight is 299 g/mol. The van der Waals surface area contributed by atoms with Crippen LogP contribution >= 0.6 is 11.6 Å². The molecule has 1 saturated heterocycles. The van der Waals surface area contributed by atoms with Crippen molar-refractivity contribution in [1.82, 2.24) is 4.90 Å². The summed E-state index contributed by atoms with van der Waals surface area (Å²) in [5.41, 5.74) is 6.11. The Morgan fingerprint density at radius 1 is 1.60 bits per heavy atom. The van der Waals surface area contributed by atoms with Crippen LogP contribution in [-0.2, 0) is 4.74 Å². The van der Waals surface area contributed by atoms with Crippen LogP contribution in [0.15, 0.2) is 18.2 Å². The van der Waals surface area contributed by atoms with Crippen molar-refractivity contribution in [3.8, 4) is 0 Å². The number of morpholine rings is 1. The lowest BCUT2D eigenvalue weighted by Gasteiger charge is -2.42. The molecule has 1 aliphatic rings. The van der Waals surface area contributed by atoms with Crippen molar-refractivity contribution >= 4 is 23.2 Å². The number of nitrogens with zero attached hydrogens (tertiary/aromatic N) is 1. The van der Waals surface area contributed by atoms with Gasteiger partial charge in [0.05, 0.1) is 23.9 Å². The first kappa shape index (κ1) is 15.1. The van der Waals surface area contributed by atoms with E-state index in [1.165, 1.54) is 0 Å². The highest BCUT2D eigenvalue weighted by Gasteiger charge is 2.36. The van der Waals surface area contributed by atoms with E-state index in [2.05, 4.69) is 0 Å². The summed E-state index contributed by atoms with van der Waals surface area (Å²) < 4.78 is 5.69. The van der Waals surface area contributed by atoms with Crippen molar-refractivity contribution in [2.24, 2.45) is 0 Å². The van der Waals surface area contributed by atoms with E-state index < -0.39 is 5.60 Å². The van der Waals surface area contributed by atoms with Gasteiger partial charge in [0.1, 0.15) is 0 Å². The Balaban J connectivity index is 2.25. The topological polar surface area (TPSA) is 75.8 Å². The number of benzene rings is 1. The minimum atomic E-state index is -0.505. The molecule has 0 aliphatic carbocycles. The zero-order valence-corrected chi connectivity index (χ0v) is 12.4. The largest absolute Gasteiger partial charge is 0.398 e. The van der Waals surface area contributed by atoms with Gasteiger partial charge in [-0.05, 0) is 32.0 Å². The van der Waals surface area contributed by atoms with E-state index in [0.717, 1.165) is 0 Å². The zero-order valence-electron chi connectivity index (χ0n) is 11.6. The van der Waals surface area contributed by atoms with Gasteiger partial charge >= 0.3 is 0 Å². The highest BCUT2D eigenvalue weighted by atomic mass is 35.5. The van der Waals surface area contributed by atoms with Gasteiger partial charge < -0.3 is 20.5 Å². The number of carbonyl (C=O) groups excluding carboxylic acids is 1. The molecule has 1 aliphatic heterocycles. The minimum Gasteiger partial charge on any atom is -0.398 e. The number of halogens is 1. The van der Waals surface area contributed by atoms with Gasteiger partial charge in [0.15, 0.2) is 0 Å². The molecule has 0 bridgehead atoms. The van der Waals surface area contributed by atoms with E-state index in [9.17, 15) is 9.90 Å². The molecular weight excluding hydrogens is 280 g/mol. The number of nitrogen functional groups attached to an aromatic ring is 1. The number of amides is 1. The summed E-state index contributed by atoms with van der Waals surface area (Å²) in [5.74, 6) is -0.195. The smallest absolute Gasteiger partial charge is 0.256 e. The highest BCUT2D eigenvalue weighted by molar-refractivity contribution is 6.31. The van der Waals surface area contributed by atoms with Crippen molar-refractivity contribution in [3.05, 3.63) is 28.8 Å². The third kappa shape index (κ3) is 3.23. The van der Waals surface area contributed by atoms with Gasteiger partial charge in [-0.2, -0.15) is 0 Å². The number of carbonyl (C=O) groups is 1. The first-order valence-electron chi connectivity index (χ1n) is 6.45. The van der Waals surface area contributed by atoms with Gasteiger partial charge in [0.2, 0.25) is 0 Å². The lowest BCUT2D eigenvalue weighted by molar-refractivity contribution is -0.139. The van der Waals surface area contributed by atoms with Gasteiger partial charge in [-0.25, -0.2) is 0 Å². The maximum atomic E-state index is 12.6. The summed E-state index contributed by atoms with van der Waals surface area (Å²) in [6, 6.07) is 4.83. The number of aliphatic hydroxyl groups is 1. The van der Waals surface area contributed by atoms with Crippen molar-refractivity contribution in [2.45, 2.75) is 25.6 Å². The van der Waals surface area contributed by atoms with Crippen LogP contribution in [-0.4, -0.2) is 47.3 Å². The molecule has 6 heteroatoms. The molecule has 110 valence electrons. The summed E-state index contributed by atoms with van der Waals surface area (Å²) in [5, 5.41) is 9.75. The van der Waals surface area contributed by atoms with Gasteiger partial charge in [-0.15, -0.1) is 0 Å². The van der Waals surface area contributed by atoms with Crippen molar-refractivity contribution < 1.29 is 14.6 Å². The molecule has 0 saturated carbocycles.